The van der Waals surface area contributed by atoms with Gasteiger partial charge in [-0.05, 0) is 60.3 Å². The van der Waals surface area contributed by atoms with E-state index in [0.717, 1.165) is 34.1 Å². The highest BCUT2D eigenvalue weighted by Crippen LogP contribution is 2.38. The van der Waals surface area contributed by atoms with Crippen LogP contribution in [0.5, 0.6) is 11.5 Å². The zero-order valence-corrected chi connectivity index (χ0v) is 20.2. The van der Waals surface area contributed by atoms with Gasteiger partial charge in [-0.15, -0.1) is 0 Å². The molecule has 4 rings (SSSR count). The summed E-state index contributed by atoms with van der Waals surface area (Å²) in [4.78, 5) is 14.0. The third-order valence-corrected chi connectivity index (χ3v) is 6.62. The molecule has 172 valence electrons. The fraction of sp³-hybridized carbons (Fsp3) is 0.296. The number of carboxylic acids is 1. The molecular weight excluding hydrogens is 482 g/mol. The Bertz CT molecular complexity index is 1070. The first-order valence-electron chi connectivity index (χ1n) is 11.1. The monoisotopic (exact) mass is 509 g/mol. The van der Waals surface area contributed by atoms with E-state index < -0.39 is 5.97 Å². The highest BCUT2D eigenvalue weighted by molar-refractivity contribution is 9.10. The Morgan fingerprint density at radius 2 is 1.79 bits per heavy atom. The first kappa shape index (κ1) is 23.3. The molecule has 1 aliphatic heterocycles. The first-order valence-corrected chi connectivity index (χ1v) is 11.9. The van der Waals surface area contributed by atoms with Crippen molar-refractivity contribution in [3.05, 3.63) is 94.0 Å². The lowest BCUT2D eigenvalue weighted by atomic mass is 9.91. The van der Waals surface area contributed by atoms with Crippen molar-refractivity contribution in [2.75, 3.05) is 20.2 Å². The molecule has 3 aromatic carbocycles. The maximum Gasteiger partial charge on any atom is 0.307 e. The van der Waals surface area contributed by atoms with E-state index in [9.17, 15) is 9.90 Å². The van der Waals surface area contributed by atoms with Gasteiger partial charge < -0.3 is 14.6 Å². The van der Waals surface area contributed by atoms with Crippen molar-refractivity contribution in [3.63, 3.8) is 0 Å². The molecule has 0 amide bonds. The van der Waals surface area contributed by atoms with Crippen LogP contribution in [-0.2, 0) is 11.4 Å². The summed E-state index contributed by atoms with van der Waals surface area (Å²) in [5.74, 6) is 0.266. The molecule has 2 unspecified atom stereocenters. The Hall–Kier alpha value is -2.83. The molecule has 0 aromatic heterocycles. The van der Waals surface area contributed by atoms with Gasteiger partial charge in [0.05, 0.1) is 19.1 Å². The Labute approximate surface area is 203 Å². The predicted octanol–water partition coefficient (Wildman–Crippen LogP) is 5.92. The van der Waals surface area contributed by atoms with E-state index in [1.807, 2.05) is 54.6 Å². The van der Waals surface area contributed by atoms with Gasteiger partial charge >= 0.3 is 5.97 Å². The minimum absolute atomic E-state index is 0.0719. The van der Waals surface area contributed by atoms with Gasteiger partial charge in [0.1, 0.15) is 6.61 Å². The average Bonchev–Trinajstić information content (AvgIpc) is 2.85. The topological polar surface area (TPSA) is 59.0 Å². The van der Waals surface area contributed by atoms with Crippen LogP contribution in [0.1, 0.15) is 35.6 Å². The third-order valence-electron chi connectivity index (χ3n) is 6.09. The van der Waals surface area contributed by atoms with Crippen molar-refractivity contribution in [1.82, 2.24) is 4.90 Å². The first-order chi connectivity index (χ1) is 16.0. The third kappa shape index (κ3) is 5.75. The van der Waals surface area contributed by atoms with Crippen LogP contribution in [0, 0.1) is 5.92 Å². The molecule has 0 radical (unpaired) electrons. The molecule has 1 N–H and O–H groups in total. The fourth-order valence-electron chi connectivity index (χ4n) is 4.41. The predicted molar refractivity (Wildman–Crippen MR) is 132 cm³/mol. The van der Waals surface area contributed by atoms with E-state index in [-0.39, 0.29) is 12.0 Å². The number of carbonyl (C=O) groups is 1. The van der Waals surface area contributed by atoms with E-state index in [0.29, 0.717) is 31.1 Å². The number of hydrogen-bond donors (Lipinski definition) is 1. The number of ether oxygens (including phenoxy) is 2. The number of benzene rings is 3. The largest absolute Gasteiger partial charge is 0.493 e. The molecule has 1 fully saturated rings. The molecule has 3 aromatic rings. The van der Waals surface area contributed by atoms with Gasteiger partial charge in [0, 0.05) is 11.0 Å². The number of nitrogens with zero attached hydrogens (tertiary/aromatic N) is 1. The highest BCUT2D eigenvalue weighted by Gasteiger charge is 2.31. The van der Waals surface area contributed by atoms with Crippen molar-refractivity contribution in [2.45, 2.75) is 25.5 Å². The minimum atomic E-state index is -0.725. The molecule has 0 bridgehead atoms. The number of rotatable bonds is 8. The summed E-state index contributed by atoms with van der Waals surface area (Å²) in [6.07, 6.45) is 1.58. The van der Waals surface area contributed by atoms with Crippen LogP contribution in [-0.4, -0.2) is 36.2 Å². The Morgan fingerprint density at radius 3 is 2.48 bits per heavy atom. The lowest BCUT2D eigenvalue weighted by Crippen LogP contribution is -2.41. The van der Waals surface area contributed by atoms with Crippen LogP contribution in [0.4, 0.5) is 0 Å². The molecule has 33 heavy (non-hydrogen) atoms. The molecule has 0 aliphatic carbocycles. The van der Waals surface area contributed by atoms with Gasteiger partial charge in [0.15, 0.2) is 11.5 Å². The summed E-state index contributed by atoms with van der Waals surface area (Å²) >= 11 is 3.52. The summed E-state index contributed by atoms with van der Waals surface area (Å²) in [7, 11) is 1.64. The number of methoxy groups -OCH3 is 1. The number of piperidine rings is 1. The van der Waals surface area contributed by atoms with Crippen LogP contribution in [0.2, 0.25) is 0 Å². The van der Waals surface area contributed by atoms with Crippen molar-refractivity contribution in [2.24, 2.45) is 5.92 Å². The van der Waals surface area contributed by atoms with Crippen molar-refractivity contribution < 1.29 is 19.4 Å². The van der Waals surface area contributed by atoms with Gasteiger partial charge in [-0.2, -0.15) is 0 Å². The maximum absolute atomic E-state index is 11.7. The normalized spacial score (nSPS) is 17.3. The lowest BCUT2D eigenvalue weighted by Gasteiger charge is -2.37. The van der Waals surface area contributed by atoms with Gasteiger partial charge in [-0.1, -0.05) is 64.5 Å². The second kappa shape index (κ2) is 10.9. The van der Waals surface area contributed by atoms with E-state index in [1.165, 1.54) is 0 Å². The standard InChI is InChI=1S/C27H28BrNO4/c1-32-25-16-21(11-14-24(25)33-18-19-6-3-2-4-7-19)26(20-9-12-23(28)13-10-20)29-15-5-8-22(17-29)27(30)31/h2-4,6-7,9-14,16,22,26H,5,8,15,17-18H2,1H3,(H,30,31). The zero-order valence-electron chi connectivity index (χ0n) is 18.6. The summed E-state index contributed by atoms with van der Waals surface area (Å²) in [5, 5.41) is 9.62. The van der Waals surface area contributed by atoms with Crippen LogP contribution in [0.3, 0.4) is 0 Å². The molecule has 1 aliphatic rings. The van der Waals surface area contributed by atoms with Gasteiger partial charge in [-0.25, -0.2) is 0 Å². The summed E-state index contributed by atoms with van der Waals surface area (Å²) in [6.45, 7) is 1.82. The highest BCUT2D eigenvalue weighted by atomic mass is 79.9. The fourth-order valence-corrected chi connectivity index (χ4v) is 4.67. The molecule has 1 saturated heterocycles. The van der Waals surface area contributed by atoms with E-state index in [1.54, 1.807) is 7.11 Å². The molecule has 0 saturated carbocycles. The van der Waals surface area contributed by atoms with E-state index in [4.69, 9.17) is 9.47 Å². The van der Waals surface area contributed by atoms with Gasteiger partial charge in [0.2, 0.25) is 0 Å². The number of halogens is 1. The van der Waals surface area contributed by atoms with Crippen molar-refractivity contribution >= 4 is 21.9 Å². The zero-order chi connectivity index (χ0) is 23.2. The molecule has 5 nitrogen and oxygen atoms in total. The van der Waals surface area contributed by atoms with E-state index in [2.05, 4.69) is 39.0 Å². The Balaban J connectivity index is 1.64. The second-order valence-corrected chi connectivity index (χ2v) is 9.23. The van der Waals surface area contributed by atoms with Crippen LogP contribution >= 0.6 is 15.9 Å². The Morgan fingerprint density at radius 1 is 1.06 bits per heavy atom. The lowest BCUT2D eigenvalue weighted by molar-refractivity contribution is -0.143. The van der Waals surface area contributed by atoms with Gasteiger partial charge in [0.25, 0.3) is 0 Å². The summed E-state index contributed by atoms with van der Waals surface area (Å²) < 4.78 is 12.7. The van der Waals surface area contributed by atoms with Crippen LogP contribution in [0.15, 0.2) is 77.3 Å². The molecule has 0 spiro atoms. The Kier molecular flexibility index (Phi) is 7.68. The van der Waals surface area contributed by atoms with Gasteiger partial charge in [-0.3, -0.25) is 9.69 Å². The number of aliphatic carboxylic acids is 1. The quantitative estimate of drug-likeness (QED) is 0.408. The van der Waals surface area contributed by atoms with Crippen molar-refractivity contribution in [3.8, 4) is 11.5 Å². The smallest absolute Gasteiger partial charge is 0.307 e. The maximum atomic E-state index is 11.7. The molecule has 6 heteroatoms. The van der Waals surface area contributed by atoms with Crippen LogP contribution < -0.4 is 9.47 Å². The van der Waals surface area contributed by atoms with E-state index >= 15 is 0 Å². The number of likely N-dealkylation sites (tertiary alicyclic amines) is 1. The molecule has 1 heterocycles. The molecular formula is C27H28BrNO4. The summed E-state index contributed by atoms with van der Waals surface area (Å²) in [6, 6.07) is 24.2. The minimum Gasteiger partial charge on any atom is -0.493 e. The number of carboxylic acid groups (broad SMARTS) is 1. The summed E-state index contributed by atoms with van der Waals surface area (Å²) in [5.41, 5.74) is 3.25. The number of hydrogen-bond acceptors (Lipinski definition) is 4. The average molecular weight is 510 g/mol. The second-order valence-electron chi connectivity index (χ2n) is 8.31. The van der Waals surface area contributed by atoms with Crippen molar-refractivity contribution in [1.29, 1.82) is 0 Å². The molecule has 2 atom stereocenters. The SMILES string of the molecule is COc1cc(C(c2ccc(Br)cc2)N2CCCC(C(=O)O)C2)ccc1OCc1ccccc1. The van der Waals surface area contributed by atoms with Crippen LogP contribution in [0.25, 0.3) is 0 Å².